The van der Waals surface area contributed by atoms with Crippen LogP contribution < -0.4 is 0 Å². The minimum absolute atomic E-state index is 0.177. The van der Waals surface area contributed by atoms with Crippen molar-refractivity contribution in [1.29, 1.82) is 0 Å². The summed E-state index contributed by atoms with van der Waals surface area (Å²) in [6.07, 6.45) is -1.60. The predicted molar refractivity (Wildman–Crippen MR) is 66.2 cm³/mol. The lowest BCUT2D eigenvalue weighted by atomic mass is 9.98. The van der Waals surface area contributed by atoms with Crippen LogP contribution in [-0.2, 0) is 6.42 Å². The summed E-state index contributed by atoms with van der Waals surface area (Å²) in [4.78, 5) is 0. The van der Waals surface area contributed by atoms with E-state index >= 15 is 0 Å². The molecule has 2 aromatic rings. The van der Waals surface area contributed by atoms with Crippen LogP contribution in [0.5, 0.6) is 0 Å². The van der Waals surface area contributed by atoms with E-state index in [0.717, 1.165) is 6.07 Å². The van der Waals surface area contributed by atoms with Crippen molar-refractivity contribution in [2.75, 3.05) is 0 Å². The molecular formula is C15H13F3O. The Kier molecular flexibility index (Phi) is 3.90. The van der Waals surface area contributed by atoms with Gasteiger partial charge in [-0.3, -0.25) is 0 Å². The van der Waals surface area contributed by atoms with Crippen LogP contribution in [0.4, 0.5) is 13.2 Å². The minimum atomic E-state index is -1.42. The Hall–Kier alpha value is -1.81. The van der Waals surface area contributed by atoms with Crippen LogP contribution >= 0.6 is 0 Å². The molecule has 0 heterocycles. The number of aryl methyl sites for hydroxylation is 1. The van der Waals surface area contributed by atoms with Gasteiger partial charge in [-0.1, -0.05) is 24.3 Å². The topological polar surface area (TPSA) is 20.2 Å². The van der Waals surface area contributed by atoms with E-state index in [9.17, 15) is 18.3 Å². The summed E-state index contributed by atoms with van der Waals surface area (Å²) < 4.78 is 40.9. The maximum Gasteiger partial charge on any atom is 0.134 e. The Morgan fingerprint density at radius 1 is 1.00 bits per heavy atom. The molecule has 100 valence electrons. The van der Waals surface area contributed by atoms with E-state index in [-0.39, 0.29) is 17.5 Å². The minimum Gasteiger partial charge on any atom is -0.388 e. The molecule has 1 unspecified atom stereocenters. The molecular weight excluding hydrogens is 253 g/mol. The van der Waals surface area contributed by atoms with E-state index in [1.54, 1.807) is 6.07 Å². The predicted octanol–water partition coefficient (Wildman–Crippen LogP) is 3.69. The summed E-state index contributed by atoms with van der Waals surface area (Å²) in [7, 11) is 0. The molecule has 0 saturated carbocycles. The van der Waals surface area contributed by atoms with Crippen molar-refractivity contribution in [3.63, 3.8) is 0 Å². The fourth-order valence-corrected chi connectivity index (χ4v) is 1.96. The number of rotatable bonds is 3. The van der Waals surface area contributed by atoms with Crippen molar-refractivity contribution in [2.45, 2.75) is 19.4 Å². The SMILES string of the molecule is Cc1ccc(F)c(C(O)Cc2ccccc2F)c1F. The molecule has 0 spiro atoms. The van der Waals surface area contributed by atoms with Gasteiger partial charge in [0.2, 0.25) is 0 Å². The van der Waals surface area contributed by atoms with Crippen molar-refractivity contribution < 1.29 is 18.3 Å². The van der Waals surface area contributed by atoms with Crippen molar-refractivity contribution in [2.24, 2.45) is 0 Å². The van der Waals surface area contributed by atoms with Gasteiger partial charge in [-0.15, -0.1) is 0 Å². The number of hydrogen-bond donors (Lipinski definition) is 1. The number of halogens is 3. The van der Waals surface area contributed by atoms with Gasteiger partial charge in [0, 0.05) is 6.42 Å². The first-order valence-corrected chi connectivity index (χ1v) is 5.86. The van der Waals surface area contributed by atoms with Gasteiger partial charge in [0.15, 0.2) is 0 Å². The normalized spacial score (nSPS) is 12.5. The zero-order valence-corrected chi connectivity index (χ0v) is 10.3. The maximum absolute atomic E-state index is 13.8. The third kappa shape index (κ3) is 2.79. The van der Waals surface area contributed by atoms with Crippen LogP contribution in [0, 0.1) is 24.4 Å². The molecule has 0 aliphatic carbocycles. The molecule has 1 nitrogen and oxygen atoms in total. The Morgan fingerprint density at radius 3 is 2.37 bits per heavy atom. The molecule has 0 radical (unpaired) electrons. The first-order valence-electron chi connectivity index (χ1n) is 5.86. The molecule has 0 aromatic heterocycles. The molecule has 0 bridgehead atoms. The largest absolute Gasteiger partial charge is 0.388 e. The van der Waals surface area contributed by atoms with Crippen LogP contribution in [-0.4, -0.2) is 5.11 Å². The number of aliphatic hydroxyl groups is 1. The summed E-state index contributed by atoms with van der Waals surface area (Å²) in [5.41, 5.74) is 0.0440. The highest BCUT2D eigenvalue weighted by molar-refractivity contribution is 5.30. The molecule has 1 atom stereocenters. The van der Waals surface area contributed by atoms with Crippen LogP contribution in [0.15, 0.2) is 36.4 Å². The summed E-state index contributed by atoms with van der Waals surface area (Å²) in [5, 5.41) is 9.94. The molecule has 0 amide bonds. The molecule has 19 heavy (non-hydrogen) atoms. The highest BCUT2D eigenvalue weighted by Crippen LogP contribution is 2.26. The third-order valence-corrected chi connectivity index (χ3v) is 3.02. The average molecular weight is 266 g/mol. The number of benzene rings is 2. The van der Waals surface area contributed by atoms with E-state index in [2.05, 4.69) is 0 Å². The van der Waals surface area contributed by atoms with Crippen LogP contribution in [0.25, 0.3) is 0 Å². The van der Waals surface area contributed by atoms with Crippen LogP contribution in [0.3, 0.4) is 0 Å². The average Bonchev–Trinajstić information content (AvgIpc) is 2.37. The Bertz CT molecular complexity index is 596. The van der Waals surface area contributed by atoms with E-state index in [1.165, 1.54) is 31.2 Å². The molecule has 2 aromatic carbocycles. The van der Waals surface area contributed by atoms with E-state index in [1.807, 2.05) is 0 Å². The smallest absolute Gasteiger partial charge is 0.134 e. The molecule has 4 heteroatoms. The quantitative estimate of drug-likeness (QED) is 0.898. The van der Waals surface area contributed by atoms with E-state index in [4.69, 9.17) is 0 Å². The molecule has 0 saturated heterocycles. The molecule has 0 aliphatic rings. The van der Waals surface area contributed by atoms with Crippen LogP contribution in [0.2, 0.25) is 0 Å². The first-order chi connectivity index (χ1) is 9.00. The standard InChI is InChI=1S/C15H13F3O/c1-9-6-7-12(17)14(15(9)18)13(19)8-10-4-2-3-5-11(10)16/h2-7,13,19H,8H2,1H3. The number of hydrogen-bond acceptors (Lipinski definition) is 1. The summed E-state index contributed by atoms with van der Waals surface area (Å²) in [5.74, 6) is -2.12. The van der Waals surface area contributed by atoms with Gasteiger partial charge in [-0.2, -0.15) is 0 Å². The van der Waals surface area contributed by atoms with E-state index < -0.39 is 29.1 Å². The van der Waals surface area contributed by atoms with Crippen molar-refractivity contribution in [3.8, 4) is 0 Å². The fraction of sp³-hybridized carbons (Fsp3) is 0.200. The zero-order chi connectivity index (χ0) is 14.0. The van der Waals surface area contributed by atoms with Gasteiger partial charge in [-0.05, 0) is 30.2 Å². The number of aliphatic hydroxyl groups excluding tert-OH is 1. The third-order valence-electron chi connectivity index (χ3n) is 3.02. The van der Waals surface area contributed by atoms with Crippen molar-refractivity contribution >= 4 is 0 Å². The van der Waals surface area contributed by atoms with Gasteiger partial charge in [0.05, 0.1) is 11.7 Å². The fourth-order valence-electron chi connectivity index (χ4n) is 1.96. The second-order valence-electron chi connectivity index (χ2n) is 4.40. The monoisotopic (exact) mass is 266 g/mol. The summed E-state index contributed by atoms with van der Waals surface area (Å²) >= 11 is 0. The second kappa shape index (κ2) is 5.45. The van der Waals surface area contributed by atoms with Crippen molar-refractivity contribution in [3.05, 3.63) is 70.5 Å². The lowest BCUT2D eigenvalue weighted by Crippen LogP contribution is -2.09. The zero-order valence-electron chi connectivity index (χ0n) is 10.3. The lowest BCUT2D eigenvalue weighted by Gasteiger charge is -2.14. The molecule has 1 N–H and O–H groups in total. The highest BCUT2D eigenvalue weighted by atomic mass is 19.1. The molecule has 2 rings (SSSR count). The summed E-state index contributed by atoms with van der Waals surface area (Å²) in [6, 6.07) is 8.23. The second-order valence-corrected chi connectivity index (χ2v) is 4.40. The summed E-state index contributed by atoms with van der Waals surface area (Å²) in [6.45, 7) is 1.48. The van der Waals surface area contributed by atoms with Gasteiger partial charge >= 0.3 is 0 Å². The van der Waals surface area contributed by atoms with Gasteiger partial charge in [-0.25, -0.2) is 13.2 Å². The van der Waals surface area contributed by atoms with Crippen molar-refractivity contribution in [1.82, 2.24) is 0 Å². The lowest BCUT2D eigenvalue weighted by molar-refractivity contribution is 0.167. The van der Waals surface area contributed by atoms with Gasteiger partial charge < -0.3 is 5.11 Å². The molecule has 0 aliphatic heterocycles. The highest BCUT2D eigenvalue weighted by Gasteiger charge is 2.20. The Morgan fingerprint density at radius 2 is 1.68 bits per heavy atom. The van der Waals surface area contributed by atoms with Crippen LogP contribution in [0.1, 0.15) is 22.8 Å². The van der Waals surface area contributed by atoms with Gasteiger partial charge in [0.1, 0.15) is 17.5 Å². The van der Waals surface area contributed by atoms with E-state index in [0.29, 0.717) is 0 Å². The molecule has 0 fully saturated rings. The van der Waals surface area contributed by atoms with Gasteiger partial charge in [0.25, 0.3) is 0 Å². The Labute approximate surface area is 109 Å². The first kappa shape index (κ1) is 13.6. The maximum atomic E-state index is 13.8. The Balaban J connectivity index is 2.33.